The fraction of sp³-hybridized carbons (Fsp3) is 0.368. The number of hydrogen-bond donors (Lipinski definition) is 1. The Bertz CT molecular complexity index is 673. The van der Waals surface area contributed by atoms with Crippen LogP contribution >= 0.6 is 0 Å². The lowest BCUT2D eigenvalue weighted by molar-refractivity contribution is -0.129. The third kappa shape index (κ3) is 3.57. The van der Waals surface area contributed by atoms with E-state index in [4.69, 9.17) is 4.74 Å². The van der Waals surface area contributed by atoms with Crippen molar-refractivity contribution < 1.29 is 14.6 Å². The molecule has 2 heterocycles. The lowest BCUT2D eigenvalue weighted by Crippen LogP contribution is -2.30. The minimum atomic E-state index is 0.0761. The average molecular weight is 326 g/mol. The van der Waals surface area contributed by atoms with Crippen LogP contribution in [0.4, 0.5) is 0 Å². The van der Waals surface area contributed by atoms with Crippen molar-refractivity contribution in [3.05, 3.63) is 59.9 Å². The van der Waals surface area contributed by atoms with Crippen molar-refractivity contribution in [2.24, 2.45) is 5.92 Å². The molecule has 126 valence electrons. The van der Waals surface area contributed by atoms with E-state index in [0.29, 0.717) is 19.5 Å². The van der Waals surface area contributed by atoms with Crippen molar-refractivity contribution in [2.75, 3.05) is 26.8 Å². The summed E-state index contributed by atoms with van der Waals surface area (Å²) in [5.41, 5.74) is 2.09. The molecule has 24 heavy (non-hydrogen) atoms. The summed E-state index contributed by atoms with van der Waals surface area (Å²) in [5.74, 6) is 1.12. The SMILES string of the molecule is COc1ccc(CC(=O)N2C[C@@H](CO)[C@H](c3ccncc3)C2)cc1. The average Bonchev–Trinajstić information content (AvgIpc) is 3.08. The molecule has 1 aromatic carbocycles. The van der Waals surface area contributed by atoms with Gasteiger partial charge in [-0.2, -0.15) is 0 Å². The van der Waals surface area contributed by atoms with Crippen molar-refractivity contribution >= 4 is 5.91 Å². The maximum atomic E-state index is 12.6. The predicted molar refractivity (Wildman–Crippen MR) is 90.8 cm³/mol. The van der Waals surface area contributed by atoms with Gasteiger partial charge in [0.15, 0.2) is 0 Å². The van der Waals surface area contributed by atoms with Crippen molar-refractivity contribution in [3.8, 4) is 5.75 Å². The van der Waals surface area contributed by atoms with Crippen LogP contribution in [-0.2, 0) is 11.2 Å². The van der Waals surface area contributed by atoms with Gasteiger partial charge in [0.1, 0.15) is 5.75 Å². The largest absolute Gasteiger partial charge is 0.497 e. The predicted octanol–water partition coefficient (Wildman–Crippen LogP) is 1.87. The number of benzene rings is 1. The molecule has 1 aliphatic heterocycles. The zero-order chi connectivity index (χ0) is 16.9. The van der Waals surface area contributed by atoms with E-state index in [1.165, 1.54) is 0 Å². The number of aliphatic hydroxyl groups is 1. The summed E-state index contributed by atoms with van der Waals surface area (Å²) in [6, 6.07) is 11.5. The van der Waals surface area contributed by atoms with Crippen molar-refractivity contribution in [2.45, 2.75) is 12.3 Å². The second kappa shape index (κ2) is 7.45. The Labute approximate surface area is 141 Å². The maximum absolute atomic E-state index is 12.6. The monoisotopic (exact) mass is 326 g/mol. The molecule has 3 rings (SSSR count). The number of ether oxygens (including phenoxy) is 1. The molecule has 0 aliphatic carbocycles. The molecule has 0 bridgehead atoms. The highest BCUT2D eigenvalue weighted by molar-refractivity contribution is 5.79. The van der Waals surface area contributed by atoms with Gasteiger partial charge in [0.25, 0.3) is 0 Å². The number of hydrogen-bond acceptors (Lipinski definition) is 4. The Morgan fingerprint density at radius 3 is 2.54 bits per heavy atom. The first-order valence-corrected chi connectivity index (χ1v) is 8.12. The van der Waals surface area contributed by atoms with Crippen LogP contribution < -0.4 is 4.74 Å². The van der Waals surface area contributed by atoms with E-state index in [2.05, 4.69) is 4.98 Å². The maximum Gasteiger partial charge on any atom is 0.227 e. The molecular weight excluding hydrogens is 304 g/mol. The Balaban J connectivity index is 1.67. The number of likely N-dealkylation sites (tertiary alicyclic amines) is 1. The van der Waals surface area contributed by atoms with Gasteiger partial charge in [-0.15, -0.1) is 0 Å². The van der Waals surface area contributed by atoms with Crippen molar-refractivity contribution in [1.82, 2.24) is 9.88 Å². The van der Waals surface area contributed by atoms with E-state index in [0.717, 1.165) is 16.9 Å². The van der Waals surface area contributed by atoms with Gasteiger partial charge in [0.05, 0.1) is 13.5 Å². The van der Waals surface area contributed by atoms with Gasteiger partial charge in [-0.25, -0.2) is 0 Å². The number of aromatic nitrogens is 1. The van der Waals surface area contributed by atoms with Crippen molar-refractivity contribution in [1.29, 1.82) is 0 Å². The number of pyridine rings is 1. The van der Waals surface area contributed by atoms with Crippen LogP contribution in [0.25, 0.3) is 0 Å². The number of nitrogens with zero attached hydrogens (tertiary/aromatic N) is 2. The van der Waals surface area contributed by atoms with Crippen LogP contribution in [0.3, 0.4) is 0 Å². The summed E-state index contributed by atoms with van der Waals surface area (Å²) >= 11 is 0. The molecule has 1 aliphatic rings. The molecule has 1 saturated heterocycles. The van der Waals surface area contributed by atoms with Crippen LogP contribution in [0.2, 0.25) is 0 Å². The van der Waals surface area contributed by atoms with Crippen LogP contribution in [0.15, 0.2) is 48.8 Å². The van der Waals surface area contributed by atoms with E-state index in [1.807, 2.05) is 41.3 Å². The number of carbonyl (C=O) groups is 1. The zero-order valence-electron chi connectivity index (χ0n) is 13.8. The summed E-state index contributed by atoms with van der Waals surface area (Å²) in [4.78, 5) is 18.5. The van der Waals surface area contributed by atoms with Crippen LogP contribution in [-0.4, -0.2) is 47.7 Å². The summed E-state index contributed by atoms with van der Waals surface area (Å²) in [6.07, 6.45) is 3.88. The number of carbonyl (C=O) groups excluding carboxylic acids is 1. The highest BCUT2D eigenvalue weighted by atomic mass is 16.5. The number of aliphatic hydroxyl groups excluding tert-OH is 1. The Kier molecular flexibility index (Phi) is 5.11. The van der Waals surface area contributed by atoms with Crippen molar-refractivity contribution in [3.63, 3.8) is 0 Å². The first-order chi connectivity index (χ1) is 11.7. The topological polar surface area (TPSA) is 62.7 Å². The van der Waals surface area contributed by atoms with E-state index >= 15 is 0 Å². The molecular formula is C19H22N2O3. The lowest BCUT2D eigenvalue weighted by atomic mass is 9.90. The quantitative estimate of drug-likeness (QED) is 0.911. The summed E-state index contributed by atoms with van der Waals surface area (Å²) in [6.45, 7) is 1.32. The van der Waals surface area contributed by atoms with Gasteiger partial charge in [-0.3, -0.25) is 9.78 Å². The number of methoxy groups -OCH3 is 1. The smallest absolute Gasteiger partial charge is 0.227 e. The van der Waals surface area contributed by atoms with E-state index in [-0.39, 0.29) is 24.3 Å². The molecule has 0 spiro atoms. The molecule has 1 aromatic heterocycles. The van der Waals surface area contributed by atoms with Gasteiger partial charge in [-0.05, 0) is 35.4 Å². The Hall–Kier alpha value is -2.40. The molecule has 5 heteroatoms. The zero-order valence-corrected chi connectivity index (χ0v) is 13.8. The van der Waals surface area contributed by atoms with Crippen LogP contribution in [0, 0.1) is 5.92 Å². The van der Waals surface area contributed by atoms with Crippen LogP contribution in [0.5, 0.6) is 5.75 Å². The van der Waals surface area contributed by atoms with Gasteiger partial charge in [-0.1, -0.05) is 12.1 Å². The summed E-state index contributed by atoms with van der Waals surface area (Å²) in [7, 11) is 1.62. The Morgan fingerprint density at radius 1 is 1.21 bits per heavy atom. The van der Waals surface area contributed by atoms with Gasteiger partial charge >= 0.3 is 0 Å². The molecule has 1 amide bonds. The van der Waals surface area contributed by atoms with E-state index in [9.17, 15) is 9.90 Å². The first-order valence-electron chi connectivity index (χ1n) is 8.12. The molecule has 0 saturated carbocycles. The molecule has 2 atom stereocenters. The molecule has 1 fully saturated rings. The van der Waals surface area contributed by atoms with Crippen LogP contribution in [0.1, 0.15) is 17.0 Å². The standard InChI is InChI=1S/C19H22N2O3/c1-24-17-4-2-14(3-5-17)10-19(23)21-11-16(13-22)18(12-21)15-6-8-20-9-7-15/h2-9,16,18,22H,10-13H2,1H3/t16-,18-/m0/s1. The fourth-order valence-corrected chi connectivity index (χ4v) is 3.28. The fourth-order valence-electron chi connectivity index (χ4n) is 3.28. The van der Waals surface area contributed by atoms with Gasteiger partial charge < -0.3 is 14.7 Å². The normalized spacial score (nSPS) is 20.2. The minimum absolute atomic E-state index is 0.0761. The van der Waals surface area contributed by atoms with Gasteiger partial charge in [0.2, 0.25) is 5.91 Å². The molecule has 2 aromatic rings. The third-order valence-corrected chi connectivity index (χ3v) is 4.68. The van der Waals surface area contributed by atoms with E-state index < -0.39 is 0 Å². The number of rotatable bonds is 5. The lowest BCUT2D eigenvalue weighted by Gasteiger charge is -2.17. The summed E-state index contributed by atoms with van der Waals surface area (Å²) in [5, 5.41) is 9.68. The third-order valence-electron chi connectivity index (χ3n) is 4.68. The molecule has 1 N–H and O–H groups in total. The Morgan fingerprint density at radius 2 is 1.92 bits per heavy atom. The summed E-state index contributed by atoms with van der Waals surface area (Å²) < 4.78 is 5.14. The minimum Gasteiger partial charge on any atom is -0.497 e. The number of amides is 1. The highest BCUT2D eigenvalue weighted by Gasteiger charge is 2.35. The van der Waals surface area contributed by atoms with Gasteiger partial charge in [0, 0.05) is 43.9 Å². The van der Waals surface area contributed by atoms with E-state index in [1.54, 1.807) is 19.5 Å². The molecule has 0 unspecified atom stereocenters. The molecule has 0 radical (unpaired) electrons. The second-order valence-corrected chi connectivity index (χ2v) is 6.15. The highest BCUT2D eigenvalue weighted by Crippen LogP contribution is 2.32. The second-order valence-electron chi connectivity index (χ2n) is 6.15. The first kappa shape index (κ1) is 16.5. The molecule has 5 nitrogen and oxygen atoms in total.